The second-order valence-electron chi connectivity index (χ2n) is 5.81. The first-order valence-corrected chi connectivity index (χ1v) is 7.08. The molecule has 1 aliphatic heterocycles. The molecule has 1 heterocycles. The van der Waals surface area contributed by atoms with E-state index in [2.05, 4.69) is 12.2 Å². The Labute approximate surface area is 104 Å². The molecule has 0 aromatic carbocycles. The van der Waals surface area contributed by atoms with Crippen molar-refractivity contribution >= 4 is 5.91 Å². The van der Waals surface area contributed by atoms with Crippen molar-refractivity contribution in [2.75, 3.05) is 19.8 Å². The highest BCUT2D eigenvalue weighted by atomic mass is 16.5. The molecule has 2 aliphatic rings. The van der Waals surface area contributed by atoms with Gasteiger partial charge in [-0.25, -0.2) is 0 Å². The van der Waals surface area contributed by atoms with Crippen molar-refractivity contribution in [2.45, 2.75) is 51.9 Å². The number of ether oxygens (including phenoxy) is 1. The van der Waals surface area contributed by atoms with Crippen LogP contribution in [0, 0.1) is 11.3 Å². The first-order valence-electron chi connectivity index (χ1n) is 7.08. The summed E-state index contributed by atoms with van der Waals surface area (Å²) in [5.74, 6) is 0.682. The SMILES string of the molecule is CCCC1(CNC(=O)C[C@@H]2CCOC2)CCC1. The Balaban J connectivity index is 1.67. The van der Waals surface area contributed by atoms with Crippen LogP contribution in [-0.2, 0) is 9.53 Å². The minimum atomic E-state index is 0.225. The predicted octanol–water partition coefficient (Wildman–Crippen LogP) is 2.50. The summed E-state index contributed by atoms with van der Waals surface area (Å²) in [6.07, 6.45) is 8.13. The van der Waals surface area contributed by atoms with Crippen molar-refractivity contribution in [3.05, 3.63) is 0 Å². The molecule has 1 aliphatic carbocycles. The Morgan fingerprint density at radius 2 is 2.29 bits per heavy atom. The molecule has 0 aromatic heterocycles. The quantitative estimate of drug-likeness (QED) is 0.773. The van der Waals surface area contributed by atoms with Gasteiger partial charge in [0, 0.05) is 26.2 Å². The van der Waals surface area contributed by atoms with E-state index in [4.69, 9.17) is 4.74 Å². The van der Waals surface area contributed by atoms with E-state index >= 15 is 0 Å². The number of nitrogens with one attached hydrogen (secondary N) is 1. The second-order valence-corrected chi connectivity index (χ2v) is 5.81. The Morgan fingerprint density at radius 1 is 1.47 bits per heavy atom. The molecule has 1 amide bonds. The van der Waals surface area contributed by atoms with Crippen molar-refractivity contribution in [2.24, 2.45) is 11.3 Å². The molecule has 1 saturated heterocycles. The first-order chi connectivity index (χ1) is 8.24. The topological polar surface area (TPSA) is 38.3 Å². The van der Waals surface area contributed by atoms with Gasteiger partial charge in [0.15, 0.2) is 0 Å². The predicted molar refractivity (Wildman–Crippen MR) is 67.7 cm³/mol. The molecule has 0 radical (unpaired) electrons. The van der Waals surface area contributed by atoms with E-state index in [-0.39, 0.29) is 5.91 Å². The van der Waals surface area contributed by atoms with Gasteiger partial charge in [-0.2, -0.15) is 0 Å². The van der Waals surface area contributed by atoms with Crippen LogP contribution in [-0.4, -0.2) is 25.7 Å². The summed E-state index contributed by atoms with van der Waals surface area (Å²) in [6, 6.07) is 0. The van der Waals surface area contributed by atoms with Gasteiger partial charge in [-0.3, -0.25) is 4.79 Å². The zero-order valence-electron chi connectivity index (χ0n) is 11.0. The summed E-state index contributed by atoms with van der Waals surface area (Å²) in [6.45, 7) is 4.73. The summed E-state index contributed by atoms with van der Waals surface area (Å²) >= 11 is 0. The second kappa shape index (κ2) is 5.85. The summed E-state index contributed by atoms with van der Waals surface area (Å²) in [4.78, 5) is 11.8. The molecule has 0 unspecified atom stereocenters. The fourth-order valence-corrected chi connectivity index (χ4v) is 3.09. The van der Waals surface area contributed by atoms with E-state index in [9.17, 15) is 4.79 Å². The maximum absolute atomic E-state index is 11.8. The summed E-state index contributed by atoms with van der Waals surface area (Å²) < 4.78 is 5.29. The summed E-state index contributed by atoms with van der Waals surface area (Å²) in [5.41, 5.74) is 0.441. The smallest absolute Gasteiger partial charge is 0.220 e. The van der Waals surface area contributed by atoms with Crippen LogP contribution in [0.4, 0.5) is 0 Å². The molecular weight excluding hydrogens is 214 g/mol. The van der Waals surface area contributed by atoms with E-state index in [1.54, 1.807) is 0 Å². The minimum Gasteiger partial charge on any atom is -0.381 e. The fourth-order valence-electron chi connectivity index (χ4n) is 3.09. The molecular formula is C14H25NO2. The lowest BCUT2D eigenvalue weighted by atomic mass is 9.66. The van der Waals surface area contributed by atoms with Gasteiger partial charge < -0.3 is 10.1 Å². The van der Waals surface area contributed by atoms with Gasteiger partial charge in [0.05, 0.1) is 0 Å². The average molecular weight is 239 g/mol. The lowest BCUT2D eigenvalue weighted by Gasteiger charge is -2.42. The maximum Gasteiger partial charge on any atom is 0.220 e. The molecule has 1 N–H and O–H groups in total. The third-order valence-electron chi connectivity index (χ3n) is 4.35. The van der Waals surface area contributed by atoms with Crippen molar-refractivity contribution in [1.82, 2.24) is 5.32 Å². The maximum atomic E-state index is 11.8. The van der Waals surface area contributed by atoms with Crippen molar-refractivity contribution < 1.29 is 9.53 Å². The zero-order valence-corrected chi connectivity index (χ0v) is 11.0. The monoisotopic (exact) mass is 239 g/mol. The van der Waals surface area contributed by atoms with Gasteiger partial charge in [0.2, 0.25) is 5.91 Å². The normalized spacial score (nSPS) is 26.5. The number of carbonyl (C=O) groups excluding carboxylic acids is 1. The zero-order chi connectivity index (χ0) is 12.1. The minimum absolute atomic E-state index is 0.225. The van der Waals surface area contributed by atoms with Gasteiger partial charge in [0.1, 0.15) is 0 Å². The lowest BCUT2D eigenvalue weighted by molar-refractivity contribution is -0.123. The Morgan fingerprint density at radius 3 is 2.82 bits per heavy atom. The van der Waals surface area contributed by atoms with Crippen LogP contribution in [0.1, 0.15) is 51.9 Å². The van der Waals surface area contributed by atoms with Crippen LogP contribution in [0.5, 0.6) is 0 Å². The summed E-state index contributed by atoms with van der Waals surface area (Å²) in [5, 5.41) is 3.14. The van der Waals surface area contributed by atoms with Crippen LogP contribution >= 0.6 is 0 Å². The van der Waals surface area contributed by atoms with Crippen LogP contribution < -0.4 is 5.32 Å². The number of hydrogen-bond acceptors (Lipinski definition) is 2. The highest BCUT2D eigenvalue weighted by molar-refractivity contribution is 5.76. The van der Waals surface area contributed by atoms with Gasteiger partial charge in [-0.15, -0.1) is 0 Å². The van der Waals surface area contributed by atoms with Crippen LogP contribution in [0.2, 0.25) is 0 Å². The van der Waals surface area contributed by atoms with Gasteiger partial charge >= 0.3 is 0 Å². The molecule has 0 bridgehead atoms. The highest BCUT2D eigenvalue weighted by Gasteiger charge is 2.36. The standard InChI is InChI=1S/C14H25NO2/c1-2-5-14(6-3-7-14)11-15-13(16)9-12-4-8-17-10-12/h12H,2-11H2,1H3,(H,15,16)/t12-/m0/s1. The third kappa shape index (κ3) is 3.44. The van der Waals surface area contributed by atoms with Crippen LogP contribution in [0.25, 0.3) is 0 Å². The number of rotatable bonds is 6. The van der Waals surface area contributed by atoms with E-state index in [1.807, 2.05) is 0 Å². The number of carbonyl (C=O) groups is 1. The van der Waals surface area contributed by atoms with Gasteiger partial charge in [-0.05, 0) is 37.0 Å². The molecule has 2 fully saturated rings. The van der Waals surface area contributed by atoms with Gasteiger partial charge in [0.25, 0.3) is 0 Å². The highest BCUT2D eigenvalue weighted by Crippen LogP contribution is 2.44. The van der Waals surface area contributed by atoms with Crippen LogP contribution in [0.15, 0.2) is 0 Å². The number of amides is 1. The molecule has 17 heavy (non-hydrogen) atoms. The average Bonchev–Trinajstić information content (AvgIpc) is 2.74. The molecule has 2 rings (SSSR count). The van der Waals surface area contributed by atoms with Crippen molar-refractivity contribution in [3.8, 4) is 0 Å². The van der Waals surface area contributed by atoms with Crippen molar-refractivity contribution in [3.63, 3.8) is 0 Å². The lowest BCUT2D eigenvalue weighted by Crippen LogP contribution is -2.42. The Bertz CT molecular complexity index is 255. The molecule has 3 nitrogen and oxygen atoms in total. The molecule has 0 spiro atoms. The third-order valence-corrected chi connectivity index (χ3v) is 4.35. The van der Waals surface area contributed by atoms with Crippen LogP contribution in [0.3, 0.4) is 0 Å². The first kappa shape index (κ1) is 12.9. The number of hydrogen-bond donors (Lipinski definition) is 1. The molecule has 1 saturated carbocycles. The van der Waals surface area contributed by atoms with E-state index in [1.165, 1.54) is 32.1 Å². The molecule has 0 aromatic rings. The van der Waals surface area contributed by atoms with Gasteiger partial charge in [-0.1, -0.05) is 19.8 Å². The molecule has 98 valence electrons. The summed E-state index contributed by atoms with van der Waals surface area (Å²) in [7, 11) is 0. The van der Waals surface area contributed by atoms with Crippen molar-refractivity contribution in [1.29, 1.82) is 0 Å². The largest absolute Gasteiger partial charge is 0.381 e. The van der Waals surface area contributed by atoms with E-state index in [0.717, 1.165) is 26.2 Å². The molecule has 1 atom stereocenters. The fraction of sp³-hybridized carbons (Fsp3) is 0.929. The van der Waals surface area contributed by atoms with E-state index < -0.39 is 0 Å². The Kier molecular flexibility index (Phi) is 4.43. The van der Waals surface area contributed by atoms with E-state index in [0.29, 0.717) is 17.8 Å². The molecule has 3 heteroatoms. The Hall–Kier alpha value is -0.570.